The van der Waals surface area contributed by atoms with Crippen LogP contribution in [0.5, 0.6) is 0 Å². The van der Waals surface area contributed by atoms with Crippen molar-refractivity contribution in [1.29, 1.82) is 0 Å². The van der Waals surface area contributed by atoms with E-state index in [9.17, 15) is 9.59 Å². The van der Waals surface area contributed by atoms with E-state index in [4.69, 9.17) is 0 Å². The topological polar surface area (TPSA) is 66.7 Å². The number of pyridine rings is 1. The highest BCUT2D eigenvalue weighted by atomic mass is 16.2. The molecule has 0 bridgehead atoms. The lowest BCUT2D eigenvalue weighted by molar-refractivity contribution is 0.0789. The van der Waals surface area contributed by atoms with E-state index in [1.807, 2.05) is 56.0 Å². The monoisotopic (exact) mass is 376 g/mol. The minimum absolute atomic E-state index is 0.108. The number of hydrogen-bond acceptors (Lipinski definition) is 3. The first-order chi connectivity index (χ1) is 13.5. The molecule has 1 aromatic carbocycles. The zero-order chi connectivity index (χ0) is 19.8. The molecule has 0 radical (unpaired) electrons. The molecule has 6 nitrogen and oxygen atoms in total. The number of imidazole rings is 1. The smallest absolute Gasteiger partial charge is 0.292 e. The average molecular weight is 376 g/mol. The van der Waals surface area contributed by atoms with Crippen molar-refractivity contribution >= 4 is 23.0 Å². The summed E-state index contributed by atoms with van der Waals surface area (Å²) in [5.41, 5.74) is 4.93. The van der Waals surface area contributed by atoms with E-state index in [0.717, 1.165) is 48.3 Å². The Bertz CT molecular complexity index is 1050. The summed E-state index contributed by atoms with van der Waals surface area (Å²) in [6.45, 7) is 7.47. The van der Waals surface area contributed by atoms with Gasteiger partial charge < -0.3 is 10.2 Å². The molecule has 4 rings (SSSR count). The van der Waals surface area contributed by atoms with E-state index < -0.39 is 0 Å². The number of likely N-dealkylation sites (tertiary alicyclic amines) is 1. The lowest BCUT2D eigenvalue weighted by atomic mass is 10.1. The molecule has 0 aliphatic carbocycles. The maximum atomic E-state index is 13.1. The van der Waals surface area contributed by atoms with Gasteiger partial charge in [-0.2, -0.15) is 0 Å². The van der Waals surface area contributed by atoms with E-state index in [0.29, 0.717) is 11.2 Å². The molecule has 2 amide bonds. The maximum Gasteiger partial charge on any atom is 0.292 e. The van der Waals surface area contributed by atoms with Crippen LogP contribution in [0.3, 0.4) is 0 Å². The van der Waals surface area contributed by atoms with Gasteiger partial charge in [0.05, 0.1) is 5.52 Å². The number of aryl methyl sites for hydroxylation is 3. The average Bonchev–Trinajstić information content (AvgIpc) is 3.32. The Morgan fingerprint density at radius 1 is 1.04 bits per heavy atom. The molecular formula is C22H24N4O2. The van der Waals surface area contributed by atoms with E-state index >= 15 is 0 Å². The first-order valence-electron chi connectivity index (χ1n) is 9.61. The number of anilines is 1. The third kappa shape index (κ3) is 3.15. The Labute approximate surface area is 164 Å². The first kappa shape index (κ1) is 18.2. The van der Waals surface area contributed by atoms with Crippen molar-refractivity contribution in [2.75, 3.05) is 18.4 Å². The standard InChI is InChI=1S/C22H24N4O2/c1-14-12-15(2)18(16(3)13-14)24-21(27)20-23-19(17-8-4-5-11-26(17)20)22(28)25-9-6-7-10-25/h4-5,8,11-13H,6-7,9-10H2,1-3H3,(H,24,27). The van der Waals surface area contributed by atoms with Gasteiger partial charge in [-0.1, -0.05) is 23.8 Å². The molecule has 144 valence electrons. The van der Waals surface area contributed by atoms with Crippen molar-refractivity contribution in [1.82, 2.24) is 14.3 Å². The predicted octanol–water partition coefficient (Wildman–Crippen LogP) is 3.75. The third-order valence-electron chi connectivity index (χ3n) is 5.26. The summed E-state index contributed by atoms with van der Waals surface area (Å²) in [4.78, 5) is 32.3. The summed E-state index contributed by atoms with van der Waals surface area (Å²) in [6, 6.07) is 9.59. The molecule has 0 spiro atoms. The normalized spacial score (nSPS) is 13.9. The van der Waals surface area contributed by atoms with Gasteiger partial charge in [-0.25, -0.2) is 4.98 Å². The Morgan fingerprint density at radius 3 is 2.39 bits per heavy atom. The van der Waals surface area contributed by atoms with Gasteiger partial charge in [-0.15, -0.1) is 0 Å². The summed E-state index contributed by atoms with van der Waals surface area (Å²) < 4.78 is 1.69. The number of hydrogen-bond donors (Lipinski definition) is 1. The zero-order valence-electron chi connectivity index (χ0n) is 16.5. The fourth-order valence-electron chi connectivity index (χ4n) is 3.97. The summed E-state index contributed by atoms with van der Waals surface area (Å²) in [5, 5.41) is 2.99. The first-order valence-corrected chi connectivity index (χ1v) is 9.61. The van der Waals surface area contributed by atoms with Crippen LogP contribution in [0.15, 0.2) is 36.5 Å². The Morgan fingerprint density at radius 2 is 1.71 bits per heavy atom. The number of amides is 2. The van der Waals surface area contributed by atoms with Gasteiger partial charge in [0.1, 0.15) is 0 Å². The number of carbonyl (C=O) groups is 2. The number of carbonyl (C=O) groups excluding carboxylic acids is 2. The number of nitrogens with one attached hydrogen (secondary N) is 1. The molecule has 1 saturated heterocycles. The highest BCUT2D eigenvalue weighted by Crippen LogP contribution is 2.24. The summed E-state index contributed by atoms with van der Waals surface area (Å²) in [5.74, 6) is -0.211. The SMILES string of the molecule is Cc1cc(C)c(NC(=O)c2nc(C(=O)N3CCCC3)c3ccccn23)c(C)c1. The molecule has 1 fully saturated rings. The zero-order valence-corrected chi connectivity index (χ0v) is 16.5. The highest BCUT2D eigenvalue weighted by Gasteiger charge is 2.27. The van der Waals surface area contributed by atoms with E-state index in [2.05, 4.69) is 10.3 Å². The van der Waals surface area contributed by atoms with Crippen molar-refractivity contribution in [2.45, 2.75) is 33.6 Å². The minimum atomic E-state index is -0.322. The van der Waals surface area contributed by atoms with Crippen LogP contribution in [-0.2, 0) is 0 Å². The van der Waals surface area contributed by atoms with Gasteiger partial charge in [0, 0.05) is 25.0 Å². The van der Waals surface area contributed by atoms with Gasteiger partial charge in [0.25, 0.3) is 11.8 Å². The molecule has 3 heterocycles. The second-order valence-electron chi connectivity index (χ2n) is 7.47. The fraction of sp³-hybridized carbons (Fsp3) is 0.318. The van der Waals surface area contributed by atoms with Gasteiger partial charge in [0.15, 0.2) is 5.69 Å². The molecule has 0 unspecified atom stereocenters. The number of fused-ring (bicyclic) bond motifs is 1. The summed E-state index contributed by atoms with van der Waals surface area (Å²) in [6.07, 6.45) is 3.79. The molecule has 28 heavy (non-hydrogen) atoms. The van der Waals surface area contributed by atoms with Crippen molar-refractivity contribution in [2.24, 2.45) is 0 Å². The van der Waals surface area contributed by atoms with Gasteiger partial charge in [-0.05, 0) is 56.9 Å². The number of nitrogens with zero attached hydrogens (tertiary/aromatic N) is 3. The fourth-order valence-corrected chi connectivity index (χ4v) is 3.97. The van der Waals surface area contributed by atoms with Crippen molar-refractivity contribution in [3.8, 4) is 0 Å². The largest absolute Gasteiger partial charge is 0.337 e. The molecule has 1 aliphatic rings. The third-order valence-corrected chi connectivity index (χ3v) is 5.26. The van der Waals surface area contributed by atoms with Gasteiger partial charge in [0.2, 0.25) is 5.82 Å². The minimum Gasteiger partial charge on any atom is -0.337 e. The highest BCUT2D eigenvalue weighted by molar-refractivity contribution is 6.06. The molecule has 6 heteroatoms. The van der Waals surface area contributed by atoms with Crippen LogP contribution in [0.4, 0.5) is 5.69 Å². The van der Waals surface area contributed by atoms with Crippen LogP contribution in [0.25, 0.3) is 5.52 Å². The lowest BCUT2D eigenvalue weighted by Crippen LogP contribution is -2.28. The maximum absolute atomic E-state index is 13.1. The van der Waals surface area contributed by atoms with Crippen LogP contribution in [0, 0.1) is 20.8 Å². The quantitative estimate of drug-likeness (QED) is 0.757. The van der Waals surface area contributed by atoms with E-state index in [-0.39, 0.29) is 17.6 Å². The molecule has 2 aromatic heterocycles. The van der Waals surface area contributed by atoms with Crippen LogP contribution >= 0.6 is 0 Å². The number of benzene rings is 1. The Balaban J connectivity index is 1.73. The van der Waals surface area contributed by atoms with Crippen LogP contribution in [0.1, 0.15) is 50.6 Å². The summed E-state index contributed by atoms with van der Waals surface area (Å²) in [7, 11) is 0. The van der Waals surface area contributed by atoms with Gasteiger partial charge in [-0.3, -0.25) is 14.0 Å². The Kier molecular flexibility index (Phi) is 4.63. The lowest BCUT2D eigenvalue weighted by Gasteiger charge is -2.13. The molecule has 1 aliphatic heterocycles. The molecule has 3 aromatic rings. The molecule has 0 saturated carbocycles. The van der Waals surface area contributed by atoms with Crippen molar-refractivity contribution < 1.29 is 9.59 Å². The second-order valence-corrected chi connectivity index (χ2v) is 7.47. The summed E-state index contributed by atoms with van der Waals surface area (Å²) >= 11 is 0. The molecule has 0 atom stereocenters. The second kappa shape index (κ2) is 7.11. The van der Waals surface area contributed by atoms with Gasteiger partial charge >= 0.3 is 0 Å². The van der Waals surface area contributed by atoms with Crippen molar-refractivity contribution in [3.63, 3.8) is 0 Å². The van der Waals surface area contributed by atoms with Crippen LogP contribution in [-0.4, -0.2) is 39.2 Å². The molecule has 1 N–H and O–H groups in total. The van der Waals surface area contributed by atoms with Crippen molar-refractivity contribution in [3.05, 3.63) is 64.7 Å². The molecular weight excluding hydrogens is 352 g/mol. The Hall–Kier alpha value is -3.15. The number of rotatable bonds is 3. The van der Waals surface area contributed by atoms with E-state index in [1.54, 1.807) is 10.6 Å². The predicted molar refractivity (Wildman–Crippen MR) is 109 cm³/mol. The van der Waals surface area contributed by atoms with E-state index in [1.165, 1.54) is 0 Å². The van der Waals surface area contributed by atoms with Crippen LogP contribution < -0.4 is 5.32 Å². The number of aromatic nitrogens is 2. The van der Waals surface area contributed by atoms with Crippen LogP contribution in [0.2, 0.25) is 0 Å².